The summed E-state index contributed by atoms with van der Waals surface area (Å²) >= 11 is 0. The summed E-state index contributed by atoms with van der Waals surface area (Å²) in [5, 5.41) is 5.76. The number of anilines is 2. The number of para-hydroxylation sites is 2. The number of nitrogens with zero attached hydrogens (tertiary/aromatic N) is 5. The van der Waals surface area contributed by atoms with E-state index in [1.54, 1.807) is 6.33 Å². The Kier molecular flexibility index (Phi) is 4.28. The van der Waals surface area contributed by atoms with Gasteiger partial charge in [-0.2, -0.15) is 0 Å². The maximum Gasteiger partial charge on any atom is 0.138 e. The van der Waals surface area contributed by atoms with Crippen molar-refractivity contribution < 1.29 is 0 Å². The third kappa shape index (κ3) is 3.37. The Morgan fingerprint density at radius 1 is 0.839 bits per heavy atom. The summed E-state index contributed by atoms with van der Waals surface area (Å²) in [7, 11) is 0. The van der Waals surface area contributed by atoms with E-state index >= 15 is 0 Å². The van der Waals surface area contributed by atoms with E-state index < -0.39 is 0 Å². The maximum atomic E-state index is 4.55. The van der Waals surface area contributed by atoms with Gasteiger partial charge in [0.25, 0.3) is 0 Å². The van der Waals surface area contributed by atoms with Crippen LogP contribution in [0.3, 0.4) is 0 Å². The lowest BCUT2D eigenvalue weighted by Gasteiger charge is -2.16. The van der Waals surface area contributed by atoms with E-state index in [1.807, 2.05) is 36.7 Å². The molecular formula is C25H20N6. The van der Waals surface area contributed by atoms with Crippen molar-refractivity contribution in [1.29, 1.82) is 0 Å². The largest absolute Gasteiger partial charge is 0.339 e. The predicted molar refractivity (Wildman–Crippen MR) is 122 cm³/mol. The van der Waals surface area contributed by atoms with Gasteiger partial charge in [0, 0.05) is 42.2 Å². The average Bonchev–Trinajstić information content (AvgIpc) is 3.23. The van der Waals surface area contributed by atoms with Gasteiger partial charge in [0.15, 0.2) is 0 Å². The van der Waals surface area contributed by atoms with Gasteiger partial charge in [-0.25, -0.2) is 9.97 Å². The molecule has 0 bridgehead atoms. The molecule has 0 aliphatic carbocycles. The first-order chi connectivity index (χ1) is 15.3. The Morgan fingerprint density at radius 2 is 1.71 bits per heavy atom. The highest BCUT2D eigenvalue weighted by atomic mass is 15.2. The van der Waals surface area contributed by atoms with Crippen molar-refractivity contribution in [3.63, 3.8) is 0 Å². The van der Waals surface area contributed by atoms with Gasteiger partial charge in [0.2, 0.25) is 0 Å². The molecule has 0 atom stereocenters. The van der Waals surface area contributed by atoms with Gasteiger partial charge in [0.1, 0.15) is 12.1 Å². The van der Waals surface area contributed by atoms with Crippen LogP contribution >= 0.6 is 0 Å². The minimum atomic E-state index is 0.802. The first-order valence-corrected chi connectivity index (χ1v) is 10.3. The Hall–Kier alpha value is -3.90. The number of aromatic nitrogens is 4. The zero-order valence-electron chi connectivity index (χ0n) is 16.9. The van der Waals surface area contributed by atoms with Gasteiger partial charge in [-0.15, -0.1) is 0 Å². The standard InChI is InChI=1S/C25H20N6/c1-3-7-22-17(5-1)11-19(12-27-22)30-25-21-14-31(15-24(21)28-16-29-25)13-18-9-10-26-23-8-4-2-6-20(18)23/h1-12,16H,13-15H2,(H,28,29,30). The lowest BCUT2D eigenvalue weighted by Crippen LogP contribution is -2.16. The molecule has 6 nitrogen and oxygen atoms in total. The molecule has 6 rings (SSSR count). The molecule has 0 saturated heterocycles. The minimum Gasteiger partial charge on any atom is -0.339 e. The molecule has 4 heterocycles. The van der Waals surface area contributed by atoms with Gasteiger partial charge in [0.05, 0.1) is 28.6 Å². The fraction of sp³-hybridized carbons (Fsp3) is 0.120. The molecule has 1 aliphatic heterocycles. The Bertz CT molecular complexity index is 1410. The molecule has 1 aliphatic rings. The number of fused-ring (bicyclic) bond motifs is 3. The van der Waals surface area contributed by atoms with Gasteiger partial charge in [-0.05, 0) is 29.8 Å². The molecule has 1 N–H and O–H groups in total. The molecular weight excluding hydrogens is 384 g/mol. The van der Waals surface area contributed by atoms with Crippen LogP contribution in [0, 0.1) is 0 Å². The lowest BCUT2D eigenvalue weighted by atomic mass is 10.1. The van der Waals surface area contributed by atoms with Crippen LogP contribution in [-0.4, -0.2) is 24.8 Å². The zero-order chi connectivity index (χ0) is 20.6. The number of pyridine rings is 2. The van der Waals surface area contributed by atoms with Gasteiger partial charge in [-0.3, -0.25) is 14.9 Å². The summed E-state index contributed by atoms with van der Waals surface area (Å²) in [6.45, 7) is 2.45. The second kappa shape index (κ2) is 7.41. The van der Waals surface area contributed by atoms with Crippen LogP contribution < -0.4 is 5.32 Å². The van der Waals surface area contributed by atoms with Crippen LogP contribution in [-0.2, 0) is 19.6 Å². The van der Waals surface area contributed by atoms with Crippen LogP contribution in [0.15, 0.2) is 79.4 Å². The maximum absolute atomic E-state index is 4.55. The van der Waals surface area contributed by atoms with Crippen molar-refractivity contribution in [3.8, 4) is 0 Å². The quantitative estimate of drug-likeness (QED) is 0.463. The summed E-state index contributed by atoms with van der Waals surface area (Å²) in [5.74, 6) is 0.851. The first kappa shape index (κ1) is 17.9. The molecule has 2 aromatic carbocycles. The van der Waals surface area contributed by atoms with E-state index in [-0.39, 0.29) is 0 Å². The van der Waals surface area contributed by atoms with Crippen molar-refractivity contribution >= 4 is 33.3 Å². The third-order valence-electron chi connectivity index (χ3n) is 5.78. The van der Waals surface area contributed by atoms with E-state index in [4.69, 9.17) is 0 Å². The van der Waals surface area contributed by atoms with Crippen molar-refractivity contribution in [1.82, 2.24) is 24.8 Å². The fourth-order valence-electron chi connectivity index (χ4n) is 4.27. The summed E-state index contributed by atoms with van der Waals surface area (Å²) in [5.41, 5.74) is 6.44. The average molecular weight is 404 g/mol. The molecule has 150 valence electrons. The van der Waals surface area contributed by atoms with Gasteiger partial charge >= 0.3 is 0 Å². The van der Waals surface area contributed by atoms with Crippen LogP contribution in [0.1, 0.15) is 16.8 Å². The number of rotatable bonds is 4. The van der Waals surface area contributed by atoms with Crippen LogP contribution in [0.4, 0.5) is 11.5 Å². The van der Waals surface area contributed by atoms with E-state index in [0.29, 0.717) is 0 Å². The summed E-state index contributed by atoms with van der Waals surface area (Å²) < 4.78 is 0. The molecule has 0 unspecified atom stereocenters. The monoisotopic (exact) mass is 404 g/mol. The normalized spacial score (nSPS) is 13.5. The number of hydrogen-bond acceptors (Lipinski definition) is 6. The Balaban J connectivity index is 1.26. The minimum absolute atomic E-state index is 0.802. The van der Waals surface area contributed by atoms with Gasteiger partial charge in [-0.1, -0.05) is 36.4 Å². The van der Waals surface area contributed by atoms with Crippen LogP contribution in [0.2, 0.25) is 0 Å². The topological polar surface area (TPSA) is 66.8 Å². The molecule has 0 radical (unpaired) electrons. The lowest BCUT2D eigenvalue weighted by molar-refractivity contribution is 0.275. The molecule has 0 saturated carbocycles. The highest BCUT2D eigenvalue weighted by Gasteiger charge is 2.24. The SMILES string of the molecule is c1ccc2ncc(Nc3ncnc4c3CN(Cc3ccnc5ccccc35)C4)cc2c1. The Morgan fingerprint density at radius 3 is 2.68 bits per heavy atom. The fourth-order valence-corrected chi connectivity index (χ4v) is 4.27. The predicted octanol–water partition coefficient (Wildman–Crippen LogP) is 4.83. The third-order valence-corrected chi connectivity index (χ3v) is 5.78. The molecule has 0 amide bonds. The second-order valence-electron chi connectivity index (χ2n) is 7.82. The number of hydrogen-bond donors (Lipinski definition) is 1. The molecule has 31 heavy (non-hydrogen) atoms. The van der Waals surface area contributed by atoms with Gasteiger partial charge < -0.3 is 5.32 Å². The highest BCUT2D eigenvalue weighted by molar-refractivity contribution is 5.83. The Labute approximate surface area is 179 Å². The van der Waals surface area contributed by atoms with Crippen molar-refractivity contribution in [3.05, 3.63) is 96.2 Å². The van der Waals surface area contributed by atoms with E-state index in [2.05, 4.69) is 66.6 Å². The highest BCUT2D eigenvalue weighted by Crippen LogP contribution is 2.30. The van der Waals surface area contributed by atoms with Crippen molar-refractivity contribution in [2.45, 2.75) is 19.6 Å². The summed E-state index contributed by atoms with van der Waals surface area (Å²) in [6, 6.07) is 20.6. The zero-order valence-corrected chi connectivity index (χ0v) is 16.9. The number of nitrogens with one attached hydrogen (secondary N) is 1. The van der Waals surface area contributed by atoms with Crippen molar-refractivity contribution in [2.24, 2.45) is 0 Å². The van der Waals surface area contributed by atoms with Crippen LogP contribution in [0.25, 0.3) is 21.8 Å². The first-order valence-electron chi connectivity index (χ1n) is 10.3. The van der Waals surface area contributed by atoms with E-state index in [9.17, 15) is 0 Å². The smallest absolute Gasteiger partial charge is 0.138 e. The van der Waals surface area contributed by atoms with E-state index in [0.717, 1.165) is 58.8 Å². The molecule has 0 fully saturated rings. The van der Waals surface area contributed by atoms with Crippen molar-refractivity contribution in [2.75, 3.05) is 5.32 Å². The van der Waals surface area contributed by atoms with Crippen LogP contribution in [0.5, 0.6) is 0 Å². The molecule has 0 spiro atoms. The molecule has 6 heteroatoms. The summed E-state index contributed by atoms with van der Waals surface area (Å²) in [6.07, 6.45) is 5.38. The summed E-state index contributed by atoms with van der Waals surface area (Å²) in [4.78, 5) is 20.5. The molecule has 3 aromatic heterocycles. The van der Waals surface area contributed by atoms with E-state index in [1.165, 1.54) is 10.9 Å². The second-order valence-corrected chi connectivity index (χ2v) is 7.82. The number of benzene rings is 2. The molecule has 5 aromatic rings.